The van der Waals surface area contributed by atoms with Gasteiger partial charge in [0.2, 0.25) is 0 Å². The average molecular weight is 480 g/mol. The fourth-order valence-corrected chi connectivity index (χ4v) is 8.05. The van der Waals surface area contributed by atoms with Crippen LogP contribution in [0.25, 0.3) is 0 Å². The van der Waals surface area contributed by atoms with Crippen LogP contribution < -0.4 is 0 Å². The Kier molecular flexibility index (Phi) is 14.0. The summed E-state index contributed by atoms with van der Waals surface area (Å²) in [5.74, 6) is 0. The maximum Gasteiger partial charge on any atom is 0.345 e. The Hall–Kier alpha value is -1.30. The van der Waals surface area contributed by atoms with E-state index in [4.69, 9.17) is 18.1 Å². The Morgan fingerprint density at radius 3 is 1.53 bits per heavy atom. The van der Waals surface area contributed by atoms with Gasteiger partial charge in [0.25, 0.3) is 10.2 Å². The molecule has 0 heterocycles. The van der Waals surface area contributed by atoms with Crippen LogP contribution in [0.5, 0.6) is 0 Å². The van der Waals surface area contributed by atoms with Gasteiger partial charge in [0.05, 0.1) is 26.4 Å². The minimum absolute atomic E-state index is 0.00968. The van der Waals surface area contributed by atoms with Crippen LogP contribution in [0.15, 0.2) is 0 Å². The van der Waals surface area contributed by atoms with Crippen LogP contribution in [0, 0.1) is 20.2 Å². The first-order valence-electron chi connectivity index (χ1n) is 9.44. The molecule has 0 radical (unpaired) electrons. The SMILES string of the molecule is CCOP(=O)(OCC)C(CCCC(CO[N+](=O)[O-])O[N+](=O)[O-])P(=O)(OCC)OCC. The highest BCUT2D eigenvalue weighted by Crippen LogP contribution is 2.71. The minimum Gasteiger partial charge on any atom is -0.312 e. The molecule has 178 valence electrons. The molecular formula is C14H30N2O12P2. The largest absolute Gasteiger partial charge is 0.345 e. The molecule has 0 aromatic rings. The fourth-order valence-electron chi connectivity index (χ4n) is 2.59. The van der Waals surface area contributed by atoms with E-state index in [0.29, 0.717) is 0 Å². The van der Waals surface area contributed by atoms with Crippen molar-refractivity contribution in [1.82, 2.24) is 0 Å². The summed E-state index contributed by atoms with van der Waals surface area (Å²) in [4.78, 5) is 29.4. The third-order valence-electron chi connectivity index (χ3n) is 3.56. The predicted molar refractivity (Wildman–Crippen MR) is 104 cm³/mol. The van der Waals surface area contributed by atoms with Gasteiger partial charge in [-0.15, -0.1) is 20.2 Å². The van der Waals surface area contributed by atoms with Crippen LogP contribution >= 0.6 is 15.2 Å². The number of hydrogen-bond donors (Lipinski definition) is 0. The molecule has 0 aromatic heterocycles. The highest BCUT2D eigenvalue weighted by molar-refractivity contribution is 7.72. The Balaban J connectivity index is 5.59. The summed E-state index contributed by atoms with van der Waals surface area (Å²) in [6.45, 7) is 5.71. The summed E-state index contributed by atoms with van der Waals surface area (Å²) in [6.07, 6.45) is -1.39. The van der Waals surface area contributed by atoms with E-state index in [1.165, 1.54) is 0 Å². The number of rotatable bonds is 19. The Morgan fingerprint density at radius 1 is 0.767 bits per heavy atom. The van der Waals surface area contributed by atoms with Gasteiger partial charge < -0.3 is 27.8 Å². The normalized spacial score (nSPS) is 13.2. The Bertz CT molecular complexity index is 570. The van der Waals surface area contributed by atoms with Gasteiger partial charge in [-0.25, -0.2) is 0 Å². The standard InChI is InChI=1S/C14H30N2O12P2/c1-5-24-29(21,25-6-2)14(30(22,26-7-3)27-8-4)11-9-10-13(28-16(19)20)12-23-15(17)18/h13-14H,5-12H2,1-4H3. The lowest BCUT2D eigenvalue weighted by molar-refractivity contribution is -0.790. The van der Waals surface area contributed by atoms with Crippen LogP contribution in [0.2, 0.25) is 0 Å². The molecule has 0 aliphatic rings. The van der Waals surface area contributed by atoms with Crippen molar-refractivity contribution in [2.45, 2.75) is 58.5 Å². The summed E-state index contributed by atoms with van der Waals surface area (Å²) >= 11 is 0. The second-order valence-corrected chi connectivity index (χ2v) is 10.5. The zero-order valence-corrected chi connectivity index (χ0v) is 19.3. The topological polar surface area (TPSA) is 176 Å². The van der Waals surface area contributed by atoms with Crippen LogP contribution in [-0.4, -0.2) is 54.7 Å². The van der Waals surface area contributed by atoms with Crippen LogP contribution in [0.4, 0.5) is 0 Å². The van der Waals surface area contributed by atoms with Crippen molar-refractivity contribution < 1.29 is 47.1 Å². The molecule has 0 fully saturated rings. The number of nitrogens with zero attached hydrogens (tertiary/aromatic N) is 2. The highest BCUT2D eigenvalue weighted by Gasteiger charge is 2.50. The van der Waals surface area contributed by atoms with Crippen molar-refractivity contribution in [3.63, 3.8) is 0 Å². The summed E-state index contributed by atoms with van der Waals surface area (Å²) in [7, 11) is -7.91. The van der Waals surface area contributed by atoms with E-state index in [9.17, 15) is 29.4 Å². The average Bonchev–Trinajstić information content (AvgIpc) is 2.63. The molecule has 30 heavy (non-hydrogen) atoms. The predicted octanol–water partition coefficient (Wildman–Crippen LogP) is 3.80. The Labute approximate surface area is 174 Å². The smallest absolute Gasteiger partial charge is 0.312 e. The molecule has 0 amide bonds. The summed E-state index contributed by atoms with van der Waals surface area (Å²) in [5.41, 5.74) is 0. The molecule has 0 bridgehead atoms. The van der Waals surface area contributed by atoms with Crippen molar-refractivity contribution in [1.29, 1.82) is 0 Å². The number of hydrogen-bond acceptors (Lipinski definition) is 12. The third-order valence-corrected chi connectivity index (χ3v) is 9.70. The maximum atomic E-state index is 13.3. The minimum atomic E-state index is -3.96. The van der Waals surface area contributed by atoms with Gasteiger partial charge in [0.1, 0.15) is 12.7 Å². The molecule has 14 nitrogen and oxygen atoms in total. The second kappa shape index (κ2) is 14.7. The van der Waals surface area contributed by atoms with E-state index in [1.54, 1.807) is 27.7 Å². The van der Waals surface area contributed by atoms with Crippen molar-refractivity contribution in [2.24, 2.45) is 0 Å². The molecule has 0 aromatic carbocycles. The van der Waals surface area contributed by atoms with Gasteiger partial charge in [0, 0.05) is 0 Å². The lowest BCUT2D eigenvalue weighted by atomic mass is 10.2. The molecule has 0 saturated heterocycles. The van der Waals surface area contributed by atoms with Gasteiger partial charge in [-0.05, 0) is 47.0 Å². The van der Waals surface area contributed by atoms with E-state index < -0.39 is 43.5 Å². The molecule has 1 atom stereocenters. The zero-order valence-electron chi connectivity index (χ0n) is 17.5. The summed E-state index contributed by atoms with van der Waals surface area (Å²) < 4.78 is 48.0. The first-order valence-corrected chi connectivity index (χ1v) is 12.7. The second-order valence-electron chi connectivity index (χ2n) is 5.63. The zero-order chi connectivity index (χ0) is 23.2. The van der Waals surface area contributed by atoms with Crippen LogP contribution in [-0.2, 0) is 36.9 Å². The van der Waals surface area contributed by atoms with E-state index in [0.717, 1.165) is 0 Å². The van der Waals surface area contributed by atoms with E-state index >= 15 is 0 Å². The first-order chi connectivity index (χ1) is 14.1. The monoisotopic (exact) mass is 480 g/mol. The molecule has 16 heteroatoms. The van der Waals surface area contributed by atoms with E-state index in [2.05, 4.69) is 9.68 Å². The molecule has 0 aliphatic carbocycles. The first kappa shape index (κ1) is 28.7. The highest BCUT2D eigenvalue weighted by atomic mass is 31.2. The molecule has 0 rings (SSSR count). The van der Waals surface area contributed by atoms with Gasteiger partial charge in [0.15, 0.2) is 5.40 Å². The van der Waals surface area contributed by atoms with Crippen molar-refractivity contribution >= 4 is 15.2 Å². The molecule has 1 unspecified atom stereocenters. The molecule has 0 spiro atoms. The van der Waals surface area contributed by atoms with Gasteiger partial charge in [-0.3, -0.25) is 9.13 Å². The van der Waals surface area contributed by atoms with Crippen molar-refractivity contribution in [2.75, 3.05) is 33.0 Å². The molecular weight excluding hydrogens is 450 g/mol. The lowest BCUT2D eigenvalue weighted by Gasteiger charge is -2.31. The van der Waals surface area contributed by atoms with Crippen LogP contribution in [0.3, 0.4) is 0 Å². The molecule has 0 saturated carbocycles. The van der Waals surface area contributed by atoms with Crippen molar-refractivity contribution in [3.05, 3.63) is 20.2 Å². The third kappa shape index (κ3) is 10.1. The van der Waals surface area contributed by atoms with Crippen LogP contribution in [0.1, 0.15) is 47.0 Å². The summed E-state index contributed by atoms with van der Waals surface area (Å²) in [5, 5.41) is 17.4. The van der Waals surface area contributed by atoms with E-state index in [-0.39, 0.29) is 45.7 Å². The quantitative estimate of drug-likeness (QED) is 0.149. The fraction of sp³-hybridized carbons (Fsp3) is 1.00. The van der Waals surface area contributed by atoms with Gasteiger partial charge in [-0.1, -0.05) is 0 Å². The molecule has 0 aliphatic heterocycles. The van der Waals surface area contributed by atoms with Crippen molar-refractivity contribution in [3.8, 4) is 0 Å². The van der Waals surface area contributed by atoms with Gasteiger partial charge >= 0.3 is 15.2 Å². The maximum absolute atomic E-state index is 13.3. The van der Waals surface area contributed by atoms with E-state index in [1.807, 2.05) is 0 Å². The molecule has 0 N–H and O–H groups in total. The summed E-state index contributed by atoms with van der Waals surface area (Å²) in [6, 6.07) is 0. The van der Waals surface area contributed by atoms with Gasteiger partial charge in [-0.2, -0.15) is 0 Å². The lowest BCUT2D eigenvalue weighted by Crippen LogP contribution is -2.25. The Morgan fingerprint density at radius 2 is 1.20 bits per heavy atom.